The Morgan fingerprint density at radius 3 is 2.67 bits per heavy atom. The molecule has 0 radical (unpaired) electrons. The number of rotatable bonds is 1. The van der Waals surface area contributed by atoms with Crippen molar-refractivity contribution in [2.45, 2.75) is 5.66 Å². The highest BCUT2D eigenvalue weighted by Crippen LogP contribution is 2.09. The second-order valence-corrected chi connectivity index (χ2v) is 2.75. The average molecular weight is 190 g/mol. The van der Waals surface area contributed by atoms with Crippen LogP contribution in [0.4, 0.5) is 0 Å². The number of hydrogen-bond donors (Lipinski definition) is 3. The summed E-state index contributed by atoms with van der Waals surface area (Å²) >= 11 is 5.49. The van der Waals surface area contributed by atoms with Crippen molar-refractivity contribution in [1.29, 1.82) is 0 Å². The van der Waals surface area contributed by atoms with Gasteiger partial charge in [-0.15, -0.1) is 0 Å². The molecule has 1 heterocycles. The summed E-state index contributed by atoms with van der Waals surface area (Å²) in [6.45, 7) is -0.0676. The van der Waals surface area contributed by atoms with Crippen LogP contribution in [-0.4, -0.2) is 29.1 Å². The van der Waals surface area contributed by atoms with E-state index in [0.29, 0.717) is 0 Å². The Morgan fingerprint density at radius 1 is 1.67 bits per heavy atom. The summed E-state index contributed by atoms with van der Waals surface area (Å²) in [4.78, 5) is 18.1. The third kappa shape index (κ3) is 1.39. The first-order chi connectivity index (χ1) is 5.46. The minimum Gasteiger partial charge on any atom is -0.381 e. The van der Waals surface area contributed by atoms with E-state index in [1.807, 2.05) is 0 Å². The lowest BCUT2D eigenvalue weighted by molar-refractivity contribution is -0.122. The Kier molecular flexibility index (Phi) is 2.03. The highest BCUT2D eigenvalue weighted by molar-refractivity contribution is 6.83. The Balaban J connectivity index is 2.98. The largest absolute Gasteiger partial charge is 0.381 e. The minimum absolute atomic E-state index is 0.0531. The average Bonchev–Trinajstić information content (AvgIpc) is 1.97. The molecule has 1 amide bonds. The van der Waals surface area contributed by atoms with Gasteiger partial charge >= 0.3 is 0 Å². The molecule has 12 heavy (non-hydrogen) atoms. The van der Waals surface area contributed by atoms with Crippen molar-refractivity contribution in [2.75, 3.05) is 6.54 Å². The number of aliphatic imine (C=N–C) groups is 2. The van der Waals surface area contributed by atoms with Gasteiger partial charge in [-0.05, 0) is 0 Å². The maximum absolute atomic E-state index is 10.8. The van der Waals surface area contributed by atoms with Crippen molar-refractivity contribution in [2.24, 2.45) is 27.2 Å². The van der Waals surface area contributed by atoms with Gasteiger partial charge in [-0.1, -0.05) is 11.6 Å². The summed E-state index contributed by atoms with van der Waals surface area (Å²) in [5.41, 5.74) is 14.2. The smallest absolute Gasteiger partial charge is 0.262 e. The van der Waals surface area contributed by atoms with Crippen molar-refractivity contribution in [3.8, 4) is 0 Å². The van der Waals surface area contributed by atoms with Crippen molar-refractivity contribution in [3.05, 3.63) is 0 Å². The number of primary amides is 1. The number of carbonyl (C=O) groups is 1. The van der Waals surface area contributed by atoms with Gasteiger partial charge in [-0.3, -0.25) is 15.5 Å². The van der Waals surface area contributed by atoms with Crippen LogP contribution in [-0.2, 0) is 4.79 Å². The number of amidine groups is 1. The predicted molar refractivity (Wildman–Crippen MR) is 45.9 cm³/mol. The van der Waals surface area contributed by atoms with Gasteiger partial charge in [0.1, 0.15) is 0 Å². The fourth-order valence-electron chi connectivity index (χ4n) is 0.700. The number of nitrogens with zero attached hydrogens (tertiary/aromatic N) is 2. The normalized spacial score (nSPS) is 29.2. The van der Waals surface area contributed by atoms with Crippen LogP contribution in [0.1, 0.15) is 0 Å². The molecule has 0 aromatic heterocycles. The van der Waals surface area contributed by atoms with E-state index in [-0.39, 0.29) is 17.6 Å². The third-order valence-electron chi connectivity index (χ3n) is 1.42. The van der Waals surface area contributed by atoms with Gasteiger partial charge in [0.05, 0.1) is 6.54 Å². The van der Waals surface area contributed by atoms with Crippen molar-refractivity contribution in [1.82, 2.24) is 0 Å². The molecule has 1 atom stereocenters. The van der Waals surface area contributed by atoms with Crippen LogP contribution in [0.15, 0.2) is 9.98 Å². The molecular formula is C5H8ClN5O. The first-order valence-electron chi connectivity index (χ1n) is 3.10. The highest BCUT2D eigenvalue weighted by Gasteiger charge is 2.34. The Hall–Kier alpha value is -1.14. The predicted octanol–water partition coefficient (Wildman–Crippen LogP) is -1.87. The van der Waals surface area contributed by atoms with Crippen molar-refractivity contribution in [3.63, 3.8) is 0 Å². The molecule has 0 aliphatic carbocycles. The molecule has 7 heteroatoms. The van der Waals surface area contributed by atoms with E-state index < -0.39 is 11.6 Å². The number of halogens is 1. The summed E-state index contributed by atoms with van der Waals surface area (Å²) < 4.78 is 0. The number of carbonyl (C=O) groups excluding carboxylic acids is 1. The van der Waals surface area contributed by atoms with Crippen LogP contribution >= 0.6 is 11.6 Å². The van der Waals surface area contributed by atoms with E-state index in [1.54, 1.807) is 0 Å². The summed E-state index contributed by atoms with van der Waals surface area (Å²) in [5.74, 6) is -0.845. The molecule has 1 unspecified atom stereocenters. The molecule has 66 valence electrons. The molecule has 1 aliphatic rings. The zero-order valence-electron chi connectivity index (χ0n) is 6.12. The van der Waals surface area contributed by atoms with E-state index in [4.69, 9.17) is 28.8 Å². The fourth-order valence-corrected chi connectivity index (χ4v) is 0.802. The quantitative estimate of drug-likeness (QED) is 0.448. The lowest BCUT2D eigenvalue weighted by atomic mass is 10.1. The van der Waals surface area contributed by atoms with Crippen LogP contribution in [0.3, 0.4) is 0 Å². The Labute approximate surface area is 73.5 Å². The molecule has 0 aromatic rings. The molecule has 0 bridgehead atoms. The van der Waals surface area contributed by atoms with Gasteiger partial charge in [0.15, 0.2) is 11.0 Å². The molecule has 1 aliphatic heterocycles. The molecule has 6 nitrogen and oxygen atoms in total. The van der Waals surface area contributed by atoms with Gasteiger partial charge in [0, 0.05) is 0 Å². The Bertz CT molecular complexity index is 286. The van der Waals surface area contributed by atoms with Gasteiger partial charge in [-0.25, -0.2) is 4.99 Å². The van der Waals surface area contributed by atoms with Crippen molar-refractivity contribution < 1.29 is 4.79 Å². The zero-order valence-corrected chi connectivity index (χ0v) is 6.88. The number of hydrogen-bond acceptors (Lipinski definition) is 5. The minimum atomic E-state index is -1.54. The lowest BCUT2D eigenvalue weighted by Crippen LogP contribution is -2.56. The maximum atomic E-state index is 10.8. The summed E-state index contributed by atoms with van der Waals surface area (Å²) in [6.07, 6.45) is 0. The van der Waals surface area contributed by atoms with Gasteiger partial charge in [0.25, 0.3) is 5.91 Å². The van der Waals surface area contributed by atoms with E-state index in [2.05, 4.69) is 9.98 Å². The van der Waals surface area contributed by atoms with E-state index in [9.17, 15) is 4.79 Å². The summed E-state index contributed by atoms with van der Waals surface area (Å²) in [7, 11) is 0. The van der Waals surface area contributed by atoms with Gasteiger partial charge < -0.3 is 11.5 Å². The van der Waals surface area contributed by atoms with Crippen LogP contribution in [0, 0.1) is 0 Å². The molecule has 0 saturated heterocycles. The zero-order chi connectivity index (χ0) is 9.35. The topological polar surface area (TPSA) is 120 Å². The van der Waals surface area contributed by atoms with Gasteiger partial charge in [0.2, 0.25) is 5.66 Å². The van der Waals surface area contributed by atoms with Crippen LogP contribution in [0.25, 0.3) is 0 Å². The highest BCUT2D eigenvalue weighted by atomic mass is 35.5. The van der Waals surface area contributed by atoms with E-state index >= 15 is 0 Å². The summed E-state index contributed by atoms with van der Waals surface area (Å²) in [5, 5.41) is 0.0531. The van der Waals surface area contributed by atoms with Gasteiger partial charge in [-0.2, -0.15) is 0 Å². The maximum Gasteiger partial charge on any atom is 0.262 e. The second-order valence-electron chi connectivity index (χ2n) is 2.39. The first-order valence-corrected chi connectivity index (χ1v) is 3.48. The monoisotopic (exact) mass is 189 g/mol. The number of nitrogens with two attached hydrogens (primary N) is 3. The first kappa shape index (κ1) is 8.95. The molecule has 1 rings (SSSR count). The van der Waals surface area contributed by atoms with Crippen LogP contribution < -0.4 is 17.2 Å². The third-order valence-corrected chi connectivity index (χ3v) is 1.73. The molecule has 0 saturated carbocycles. The van der Waals surface area contributed by atoms with Crippen molar-refractivity contribution >= 4 is 28.5 Å². The molecule has 0 fully saturated rings. The lowest BCUT2D eigenvalue weighted by Gasteiger charge is -2.22. The molecular weight excluding hydrogens is 182 g/mol. The van der Waals surface area contributed by atoms with Crippen LogP contribution in [0.5, 0.6) is 0 Å². The standard InChI is InChI=1S/C5H8ClN5O/c6-2-3(7)11-5(9,1-10-2)4(8)12/h1,9H2,(H2,7,11)(H2,8,12). The molecule has 6 N–H and O–H groups in total. The summed E-state index contributed by atoms with van der Waals surface area (Å²) in [6, 6.07) is 0. The molecule has 0 spiro atoms. The molecule has 0 aromatic carbocycles. The van der Waals surface area contributed by atoms with E-state index in [0.717, 1.165) is 0 Å². The Morgan fingerprint density at radius 2 is 2.25 bits per heavy atom. The second kappa shape index (κ2) is 2.72. The van der Waals surface area contributed by atoms with Crippen LogP contribution in [0.2, 0.25) is 0 Å². The SMILES string of the molecule is NC(=O)C1(N)CN=C(Cl)C(N)=N1. The van der Waals surface area contributed by atoms with E-state index in [1.165, 1.54) is 0 Å². The number of amides is 1. The fraction of sp³-hybridized carbons (Fsp3) is 0.400.